The molecule has 0 aliphatic carbocycles. The molecule has 0 atom stereocenters. The fourth-order valence-electron chi connectivity index (χ4n) is 3.89. The lowest BCUT2D eigenvalue weighted by atomic mass is 10.0. The van der Waals surface area contributed by atoms with E-state index in [-0.39, 0.29) is 18.5 Å². The summed E-state index contributed by atoms with van der Waals surface area (Å²) >= 11 is 0. The van der Waals surface area contributed by atoms with Gasteiger partial charge in [0.25, 0.3) is 0 Å². The van der Waals surface area contributed by atoms with Gasteiger partial charge in [-0.3, -0.25) is 19.7 Å². The van der Waals surface area contributed by atoms with Crippen molar-refractivity contribution in [3.05, 3.63) is 54.6 Å². The molecule has 1 fully saturated rings. The van der Waals surface area contributed by atoms with Gasteiger partial charge in [-0.1, -0.05) is 48.5 Å². The number of hydrogen-bond donors (Lipinski definition) is 1. The number of benzene rings is 2. The molecule has 1 aliphatic rings. The summed E-state index contributed by atoms with van der Waals surface area (Å²) in [5.41, 5.74) is 2.81. The van der Waals surface area contributed by atoms with Crippen molar-refractivity contribution in [1.82, 2.24) is 9.80 Å². The molecule has 1 heterocycles. The van der Waals surface area contributed by atoms with Crippen LogP contribution in [0.2, 0.25) is 0 Å². The predicted molar refractivity (Wildman–Crippen MR) is 117 cm³/mol. The van der Waals surface area contributed by atoms with Gasteiger partial charge in [0.05, 0.1) is 47.0 Å². The Hall–Kier alpha value is -2.73. The van der Waals surface area contributed by atoms with E-state index in [9.17, 15) is 4.79 Å². The largest absolute Gasteiger partial charge is 1.00 e. The number of nitrogens with one attached hydrogen (secondary N) is 1. The Balaban J connectivity index is 0.00000320. The summed E-state index contributed by atoms with van der Waals surface area (Å²) in [6, 6.07) is 17.8. The van der Waals surface area contributed by atoms with Crippen LogP contribution in [0.15, 0.2) is 54.6 Å². The average molecular weight is 431 g/mol. The molecule has 2 aromatic carbocycles. The van der Waals surface area contributed by atoms with Gasteiger partial charge < -0.3 is 17.1 Å². The molecule has 1 amide bonds. The number of guanidine groups is 1. The Morgan fingerprint density at radius 1 is 1.03 bits per heavy atom. The second kappa shape index (κ2) is 10.9. The number of para-hydroxylation sites is 1. The molecule has 7 heteroatoms. The van der Waals surface area contributed by atoms with Gasteiger partial charge in [0, 0.05) is 18.4 Å². The maximum atomic E-state index is 12.5. The third kappa shape index (κ3) is 5.89. The van der Waals surface area contributed by atoms with Gasteiger partial charge in [0.2, 0.25) is 0 Å². The standard InChI is InChI=1S/C23H30N4O2.ClH/c1-25(2)23(26(3)4)27-16-14-19(15-17-27)29-22(28)24-21-13-9-8-12-20(21)18-10-6-5-7-11-18;/h5-13,19H,14-17H2,1-4H3;1H. The summed E-state index contributed by atoms with van der Waals surface area (Å²) in [7, 11) is 8.20. The van der Waals surface area contributed by atoms with E-state index < -0.39 is 6.09 Å². The predicted octanol–water partition coefficient (Wildman–Crippen LogP) is 0.560. The van der Waals surface area contributed by atoms with E-state index in [0.717, 1.165) is 42.7 Å². The van der Waals surface area contributed by atoms with Crippen LogP contribution in [-0.2, 0) is 4.74 Å². The second-order valence-corrected chi connectivity index (χ2v) is 7.72. The van der Waals surface area contributed by atoms with Crippen LogP contribution in [0.25, 0.3) is 11.1 Å². The highest BCUT2D eigenvalue weighted by Crippen LogP contribution is 2.28. The van der Waals surface area contributed by atoms with Gasteiger partial charge in [-0.05, 0) is 11.6 Å². The van der Waals surface area contributed by atoms with Gasteiger partial charge in [-0.25, -0.2) is 4.79 Å². The number of ether oxygens (including phenoxy) is 1. The number of nitrogens with zero attached hydrogens (tertiary/aromatic N) is 3. The van der Waals surface area contributed by atoms with Gasteiger partial charge in [0.1, 0.15) is 6.10 Å². The molecule has 0 unspecified atom stereocenters. The second-order valence-electron chi connectivity index (χ2n) is 7.72. The minimum absolute atomic E-state index is 0. The highest BCUT2D eigenvalue weighted by Gasteiger charge is 2.30. The minimum atomic E-state index is -0.392. The highest BCUT2D eigenvalue weighted by atomic mass is 35.5. The molecule has 2 aromatic rings. The number of carbonyl (C=O) groups is 1. The molecule has 162 valence electrons. The SMILES string of the molecule is CN(C)C(N1CCC(OC(=O)Nc2ccccc2-c2ccccc2)CC1)=[N+](C)C.[Cl-]. The molecule has 0 radical (unpaired) electrons. The van der Waals surface area contributed by atoms with E-state index in [1.165, 1.54) is 5.96 Å². The van der Waals surface area contributed by atoms with E-state index in [4.69, 9.17) is 4.74 Å². The Morgan fingerprint density at radius 2 is 1.63 bits per heavy atom. The van der Waals surface area contributed by atoms with Crippen LogP contribution in [0.5, 0.6) is 0 Å². The number of carbonyl (C=O) groups excluding carboxylic acids is 1. The first-order chi connectivity index (χ1) is 14.0. The summed E-state index contributed by atoms with van der Waals surface area (Å²) < 4.78 is 7.84. The zero-order valence-corrected chi connectivity index (χ0v) is 18.9. The van der Waals surface area contributed by atoms with Gasteiger partial charge in [0.15, 0.2) is 0 Å². The zero-order valence-electron chi connectivity index (χ0n) is 18.1. The molecule has 6 nitrogen and oxygen atoms in total. The number of amides is 1. The number of halogens is 1. The van der Waals surface area contributed by atoms with Gasteiger partial charge in [-0.15, -0.1) is 0 Å². The molecule has 0 bridgehead atoms. The number of piperidine rings is 1. The average Bonchev–Trinajstić information content (AvgIpc) is 2.70. The summed E-state index contributed by atoms with van der Waals surface area (Å²) in [6.07, 6.45) is 1.18. The molecule has 30 heavy (non-hydrogen) atoms. The highest BCUT2D eigenvalue weighted by molar-refractivity contribution is 5.91. The molecule has 1 saturated heterocycles. The normalized spacial score (nSPS) is 13.8. The van der Waals surface area contributed by atoms with Crippen molar-refractivity contribution in [2.45, 2.75) is 18.9 Å². The smallest absolute Gasteiger partial charge is 0.411 e. The Kier molecular flexibility index (Phi) is 8.54. The topological polar surface area (TPSA) is 47.8 Å². The first kappa shape index (κ1) is 23.5. The summed E-state index contributed by atoms with van der Waals surface area (Å²) in [4.78, 5) is 17.0. The molecule has 1 aliphatic heterocycles. The summed E-state index contributed by atoms with van der Waals surface area (Å²) in [5, 5.41) is 2.93. The third-order valence-corrected chi connectivity index (χ3v) is 5.05. The molecule has 3 rings (SSSR count). The molecule has 0 aromatic heterocycles. The number of anilines is 1. The maximum Gasteiger partial charge on any atom is 0.411 e. The fourth-order valence-corrected chi connectivity index (χ4v) is 3.89. The lowest BCUT2D eigenvalue weighted by molar-refractivity contribution is -0.476. The lowest BCUT2D eigenvalue weighted by Crippen LogP contribution is -3.00. The van der Waals surface area contributed by atoms with Crippen LogP contribution in [-0.4, -0.2) is 73.8 Å². The Labute approximate surface area is 185 Å². The molecule has 1 N–H and O–H groups in total. The summed E-state index contributed by atoms with van der Waals surface area (Å²) in [5.74, 6) is 1.17. The first-order valence-corrected chi connectivity index (χ1v) is 10.0. The van der Waals surface area contributed by atoms with Crippen LogP contribution >= 0.6 is 0 Å². The van der Waals surface area contributed by atoms with Gasteiger partial charge >= 0.3 is 12.1 Å². The van der Waals surface area contributed by atoms with Crippen LogP contribution in [0.4, 0.5) is 10.5 Å². The van der Waals surface area contributed by atoms with Crippen molar-refractivity contribution in [2.24, 2.45) is 0 Å². The molecular formula is C23H31ClN4O2. The zero-order chi connectivity index (χ0) is 20.8. The van der Waals surface area contributed by atoms with Crippen LogP contribution < -0.4 is 17.7 Å². The van der Waals surface area contributed by atoms with Crippen molar-refractivity contribution in [1.29, 1.82) is 0 Å². The monoisotopic (exact) mass is 430 g/mol. The van der Waals surface area contributed by atoms with Crippen LogP contribution in [0.3, 0.4) is 0 Å². The summed E-state index contributed by atoms with van der Waals surface area (Å²) in [6.45, 7) is 1.73. The lowest BCUT2D eigenvalue weighted by Gasteiger charge is -2.31. The minimum Gasteiger partial charge on any atom is -1.00 e. The Bertz CT molecular complexity index is 859. The van der Waals surface area contributed by atoms with E-state index in [1.54, 1.807) is 0 Å². The number of hydrogen-bond acceptors (Lipinski definition) is 2. The Morgan fingerprint density at radius 3 is 2.23 bits per heavy atom. The number of rotatable bonds is 3. The van der Waals surface area contributed by atoms with Crippen molar-refractivity contribution < 1.29 is 26.5 Å². The van der Waals surface area contributed by atoms with E-state index in [0.29, 0.717) is 0 Å². The van der Waals surface area contributed by atoms with Gasteiger partial charge in [-0.2, -0.15) is 0 Å². The fraction of sp³-hybridized carbons (Fsp3) is 0.391. The van der Waals surface area contributed by atoms with Crippen molar-refractivity contribution in [2.75, 3.05) is 46.6 Å². The van der Waals surface area contributed by atoms with Crippen molar-refractivity contribution in [3.8, 4) is 11.1 Å². The van der Waals surface area contributed by atoms with E-state index in [2.05, 4.69) is 47.9 Å². The van der Waals surface area contributed by atoms with Crippen molar-refractivity contribution in [3.63, 3.8) is 0 Å². The quantitative estimate of drug-likeness (QED) is 0.439. The van der Waals surface area contributed by atoms with E-state index >= 15 is 0 Å². The maximum absolute atomic E-state index is 12.5. The molecular weight excluding hydrogens is 400 g/mol. The molecule has 0 saturated carbocycles. The van der Waals surface area contributed by atoms with Crippen molar-refractivity contribution >= 4 is 17.7 Å². The van der Waals surface area contributed by atoms with Crippen LogP contribution in [0, 0.1) is 0 Å². The van der Waals surface area contributed by atoms with E-state index in [1.807, 2.05) is 54.6 Å². The number of likely N-dealkylation sites (tertiary alicyclic amines) is 1. The third-order valence-electron chi connectivity index (χ3n) is 5.05. The van der Waals surface area contributed by atoms with Crippen LogP contribution in [0.1, 0.15) is 12.8 Å². The first-order valence-electron chi connectivity index (χ1n) is 10.0. The molecule has 0 spiro atoms.